The highest BCUT2D eigenvalue weighted by molar-refractivity contribution is 7.92. The van der Waals surface area contributed by atoms with Crippen LogP contribution in [0, 0.1) is 6.92 Å². The molecule has 0 spiro atoms. The van der Waals surface area contributed by atoms with E-state index in [1.165, 1.54) is 46.8 Å². The van der Waals surface area contributed by atoms with Crippen LogP contribution in [0.1, 0.15) is 29.8 Å². The summed E-state index contributed by atoms with van der Waals surface area (Å²) in [6.07, 6.45) is 0. The zero-order valence-electron chi connectivity index (χ0n) is 16.7. The van der Waals surface area contributed by atoms with Crippen LogP contribution in [0.3, 0.4) is 0 Å². The highest BCUT2D eigenvalue weighted by Crippen LogP contribution is 2.26. The quantitative estimate of drug-likeness (QED) is 0.632. The molecule has 2 rings (SSSR count). The third-order valence-electron chi connectivity index (χ3n) is 4.35. The second-order valence-corrected chi connectivity index (χ2v) is 9.72. The van der Waals surface area contributed by atoms with Crippen molar-refractivity contribution >= 4 is 31.7 Å². The van der Waals surface area contributed by atoms with Gasteiger partial charge in [0.1, 0.15) is 4.90 Å². The SMILES string of the molecule is CCN(CC)S(=O)(=O)c1cc(NS(=O)(=O)c2ccccc2C(=O)OC)ccc1C. The number of hydrogen-bond donors (Lipinski definition) is 1. The third kappa shape index (κ3) is 4.77. The molecule has 0 fully saturated rings. The molecule has 1 N–H and O–H groups in total. The number of carbonyl (C=O) groups excluding carboxylic acids is 1. The van der Waals surface area contributed by atoms with Crippen LogP contribution in [0.5, 0.6) is 0 Å². The minimum atomic E-state index is -4.16. The molecule has 0 aliphatic rings. The predicted octanol–water partition coefficient (Wildman–Crippen LogP) is 2.61. The lowest BCUT2D eigenvalue weighted by Crippen LogP contribution is -2.31. The van der Waals surface area contributed by atoms with Crippen LogP contribution in [-0.4, -0.2) is 47.3 Å². The second-order valence-electron chi connectivity index (χ2n) is 6.16. The molecule has 0 bridgehead atoms. The molecule has 0 saturated carbocycles. The van der Waals surface area contributed by atoms with Gasteiger partial charge in [0.2, 0.25) is 10.0 Å². The molecule has 29 heavy (non-hydrogen) atoms. The fraction of sp³-hybridized carbons (Fsp3) is 0.316. The highest BCUT2D eigenvalue weighted by Gasteiger charge is 2.26. The normalized spacial score (nSPS) is 12.0. The lowest BCUT2D eigenvalue weighted by molar-refractivity contribution is 0.0596. The molecule has 0 amide bonds. The summed E-state index contributed by atoms with van der Waals surface area (Å²) in [5, 5.41) is 0. The van der Waals surface area contributed by atoms with Crippen molar-refractivity contribution < 1.29 is 26.4 Å². The van der Waals surface area contributed by atoms with E-state index in [4.69, 9.17) is 0 Å². The number of nitrogens with one attached hydrogen (secondary N) is 1. The van der Waals surface area contributed by atoms with Crippen molar-refractivity contribution in [2.24, 2.45) is 0 Å². The average molecular weight is 441 g/mol. The van der Waals surface area contributed by atoms with Crippen molar-refractivity contribution in [3.63, 3.8) is 0 Å². The Morgan fingerprint density at radius 3 is 2.21 bits per heavy atom. The van der Waals surface area contributed by atoms with E-state index in [1.54, 1.807) is 20.8 Å². The predicted molar refractivity (Wildman–Crippen MR) is 110 cm³/mol. The lowest BCUT2D eigenvalue weighted by atomic mass is 10.2. The standard InChI is InChI=1S/C19H24N2O6S2/c1-5-21(6-2)29(25,26)18-13-15(12-11-14(18)3)20-28(23,24)17-10-8-7-9-16(17)19(22)27-4/h7-13,20H,5-6H2,1-4H3. The maximum atomic E-state index is 12.9. The molecule has 2 aromatic carbocycles. The topological polar surface area (TPSA) is 110 Å². The van der Waals surface area contributed by atoms with Crippen LogP contribution < -0.4 is 4.72 Å². The Labute approximate surface area is 171 Å². The Bertz CT molecular complexity index is 1110. The summed E-state index contributed by atoms with van der Waals surface area (Å²) < 4.78 is 59.7. The van der Waals surface area contributed by atoms with Gasteiger partial charge in [-0.3, -0.25) is 4.72 Å². The number of benzene rings is 2. The van der Waals surface area contributed by atoms with E-state index < -0.39 is 26.0 Å². The Morgan fingerprint density at radius 1 is 1.00 bits per heavy atom. The molecule has 10 heteroatoms. The van der Waals surface area contributed by atoms with E-state index >= 15 is 0 Å². The minimum absolute atomic E-state index is 0.0163. The molecule has 0 aromatic heterocycles. The lowest BCUT2D eigenvalue weighted by Gasteiger charge is -2.20. The third-order valence-corrected chi connectivity index (χ3v) is 7.98. The first kappa shape index (κ1) is 22.9. The summed E-state index contributed by atoms with van der Waals surface area (Å²) in [4.78, 5) is 11.7. The fourth-order valence-corrected chi connectivity index (χ4v) is 5.79. The van der Waals surface area contributed by atoms with Crippen molar-refractivity contribution in [1.82, 2.24) is 4.31 Å². The van der Waals surface area contributed by atoms with E-state index in [2.05, 4.69) is 9.46 Å². The first-order valence-electron chi connectivity index (χ1n) is 8.89. The molecular weight excluding hydrogens is 416 g/mol. The molecule has 0 atom stereocenters. The number of methoxy groups -OCH3 is 1. The second kappa shape index (κ2) is 8.93. The zero-order valence-corrected chi connectivity index (χ0v) is 18.3. The molecule has 8 nitrogen and oxygen atoms in total. The number of carbonyl (C=O) groups is 1. The molecule has 0 aliphatic carbocycles. The number of sulfonamides is 2. The Balaban J connectivity index is 2.50. The van der Waals surface area contributed by atoms with E-state index in [9.17, 15) is 21.6 Å². The molecule has 2 aromatic rings. The number of hydrogen-bond acceptors (Lipinski definition) is 6. The van der Waals surface area contributed by atoms with E-state index in [0.29, 0.717) is 18.7 Å². The van der Waals surface area contributed by atoms with Gasteiger partial charge in [-0.1, -0.05) is 32.0 Å². The van der Waals surface area contributed by atoms with Crippen LogP contribution in [0.4, 0.5) is 5.69 Å². The Kier molecular flexibility index (Phi) is 7.04. The zero-order chi connectivity index (χ0) is 21.8. The van der Waals surface area contributed by atoms with Gasteiger partial charge in [-0.25, -0.2) is 21.6 Å². The first-order valence-corrected chi connectivity index (χ1v) is 11.8. The summed E-state index contributed by atoms with van der Waals surface area (Å²) in [6, 6.07) is 9.89. The summed E-state index contributed by atoms with van der Waals surface area (Å²) >= 11 is 0. The van der Waals surface area contributed by atoms with Crippen molar-refractivity contribution in [3.8, 4) is 0 Å². The number of aryl methyl sites for hydroxylation is 1. The average Bonchev–Trinajstić information content (AvgIpc) is 2.69. The van der Waals surface area contributed by atoms with Gasteiger partial charge in [0, 0.05) is 13.1 Å². The molecule has 0 radical (unpaired) electrons. The monoisotopic (exact) mass is 440 g/mol. The van der Waals surface area contributed by atoms with Crippen LogP contribution in [0.25, 0.3) is 0 Å². The molecular formula is C19H24N2O6S2. The maximum Gasteiger partial charge on any atom is 0.339 e. The van der Waals surface area contributed by atoms with Crippen LogP contribution in [-0.2, 0) is 24.8 Å². The summed E-state index contributed by atoms with van der Waals surface area (Å²) in [7, 11) is -6.78. The van der Waals surface area contributed by atoms with E-state index in [0.717, 1.165) is 7.11 Å². The van der Waals surface area contributed by atoms with Gasteiger partial charge >= 0.3 is 5.97 Å². The number of anilines is 1. The molecule has 0 heterocycles. The number of rotatable bonds is 8. The smallest absolute Gasteiger partial charge is 0.339 e. The van der Waals surface area contributed by atoms with Gasteiger partial charge in [0.25, 0.3) is 10.0 Å². The first-order chi connectivity index (χ1) is 13.6. The molecule has 0 saturated heterocycles. The molecule has 158 valence electrons. The van der Waals surface area contributed by atoms with Crippen molar-refractivity contribution in [1.29, 1.82) is 0 Å². The van der Waals surface area contributed by atoms with Gasteiger partial charge in [-0.15, -0.1) is 0 Å². The van der Waals surface area contributed by atoms with Crippen LogP contribution >= 0.6 is 0 Å². The van der Waals surface area contributed by atoms with Gasteiger partial charge in [-0.05, 0) is 36.8 Å². The number of esters is 1. The fourth-order valence-electron chi connectivity index (χ4n) is 2.83. The summed E-state index contributed by atoms with van der Waals surface area (Å²) in [6.45, 7) is 5.68. The van der Waals surface area contributed by atoms with Gasteiger partial charge in [0.15, 0.2) is 0 Å². The Morgan fingerprint density at radius 2 is 1.62 bits per heavy atom. The number of ether oxygens (including phenoxy) is 1. The number of nitrogens with zero attached hydrogens (tertiary/aromatic N) is 1. The minimum Gasteiger partial charge on any atom is -0.465 e. The summed E-state index contributed by atoms with van der Waals surface area (Å²) in [5.41, 5.74) is 0.446. The van der Waals surface area contributed by atoms with E-state index in [-0.39, 0.29) is 21.0 Å². The largest absolute Gasteiger partial charge is 0.465 e. The maximum absolute atomic E-state index is 12.9. The van der Waals surface area contributed by atoms with E-state index in [1.807, 2.05) is 0 Å². The van der Waals surface area contributed by atoms with Gasteiger partial charge in [-0.2, -0.15) is 4.31 Å². The van der Waals surface area contributed by atoms with Crippen molar-refractivity contribution in [3.05, 3.63) is 53.6 Å². The molecule has 0 aliphatic heterocycles. The summed E-state index contributed by atoms with van der Waals surface area (Å²) in [5.74, 6) is -0.792. The van der Waals surface area contributed by atoms with Gasteiger partial charge in [0.05, 0.1) is 23.3 Å². The molecule has 0 unspecified atom stereocenters. The van der Waals surface area contributed by atoms with Crippen LogP contribution in [0.15, 0.2) is 52.3 Å². The highest BCUT2D eigenvalue weighted by atomic mass is 32.2. The van der Waals surface area contributed by atoms with Crippen molar-refractivity contribution in [2.45, 2.75) is 30.6 Å². The van der Waals surface area contributed by atoms with Crippen LogP contribution in [0.2, 0.25) is 0 Å². The Hall–Kier alpha value is -2.43. The van der Waals surface area contributed by atoms with Crippen molar-refractivity contribution in [2.75, 3.05) is 24.9 Å². The van der Waals surface area contributed by atoms with Gasteiger partial charge < -0.3 is 4.74 Å².